The van der Waals surface area contributed by atoms with Crippen molar-refractivity contribution in [3.63, 3.8) is 0 Å². The van der Waals surface area contributed by atoms with Crippen LogP contribution in [0.5, 0.6) is 0 Å². The van der Waals surface area contributed by atoms with Crippen LogP contribution in [0.15, 0.2) is 36.5 Å². The third kappa shape index (κ3) is 2.08. The topological polar surface area (TPSA) is 110 Å². The van der Waals surface area contributed by atoms with Gasteiger partial charge in [-0.15, -0.1) is 5.10 Å². The predicted octanol–water partition coefficient (Wildman–Crippen LogP) is 1.19. The Hall–Kier alpha value is -2.96. The van der Waals surface area contributed by atoms with E-state index in [1.807, 2.05) is 24.3 Å². The quantitative estimate of drug-likeness (QED) is 0.636. The lowest BCUT2D eigenvalue weighted by Crippen LogP contribution is -2.14. The number of nitrogens with zero attached hydrogens (tertiary/aromatic N) is 3. The summed E-state index contributed by atoms with van der Waals surface area (Å²) < 4.78 is 0. The number of pyridine rings is 1. The monoisotopic (exact) mass is 254 g/mol. The van der Waals surface area contributed by atoms with Crippen LogP contribution in [0.4, 0.5) is 11.6 Å². The second-order valence-corrected chi connectivity index (χ2v) is 3.87. The molecule has 0 bridgehead atoms. The number of amides is 1. The van der Waals surface area contributed by atoms with Crippen molar-refractivity contribution in [3.8, 4) is 0 Å². The number of aromatic amines is 1. The normalized spacial score (nSPS) is 10.5. The summed E-state index contributed by atoms with van der Waals surface area (Å²) in [4.78, 5) is 19.9. The lowest BCUT2D eigenvalue weighted by molar-refractivity contribution is 0.101. The van der Waals surface area contributed by atoms with Gasteiger partial charge in [0.15, 0.2) is 0 Å². The molecule has 0 saturated heterocycles. The number of fused-ring (bicyclic) bond motifs is 1. The third-order valence-corrected chi connectivity index (χ3v) is 2.61. The van der Waals surface area contributed by atoms with Gasteiger partial charge in [0.05, 0.1) is 11.2 Å². The zero-order chi connectivity index (χ0) is 13.2. The largest absolute Gasteiger partial charge is 0.366 e. The van der Waals surface area contributed by atoms with E-state index >= 15 is 0 Å². The number of nitrogens with two attached hydrogens (primary N) is 1. The molecule has 0 saturated carbocycles. The number of hydrogen-bond donors (Lipinski definition) is 3. The van der Waals surface area contributed by atoms with Crippen molar-refractivity contribution in [2.24, 2.45) is 0 Å². The highest BCUT2D eigenvalue weighted by atomic mass is 16.2. The minimum absolute atomic E-state index is 0.0322. The van der Waals surface area contributed by atoms with E-state index in [2.05, 4.69) is 25.5 Å². The van der Waals surface area contributed by atoms with Crippen LogP contribution in [0.3, 0.4) is 0 Å². The number of carbonyl (C=O) groups excluding carboxylic acids is 1. The predicted molar refractivity (Wildman–Crippen MR) is 70.5 cm³/mol. The number of anilines is 2. The van der Waals surface area contributed by atoms with Gasteiger partial charge < -0.3 is 11.1 Å². The first-order chi connectivity index (χ1) is 9.24. The van der Waals surface area contributed by atoms with Crippen LogP contribution < -0.4 is 11.1 Å². The number of H-pyrrole nitrogens is 1. The van der Waals surface area contributed by atoms with Crippen molar-refractivity contribution in [2.45, 2.75) is 0 Å². The van der Waals surface area contributed by atoms with Crippen LogP contribution in [-0.4, -0.2) is 26.1 Å². The molecule has 0 fully saturated rings. The molecule has 19 heavy (non-hydrogen) atoms. The number of nitrogen functional groups attached to an aromatic ring is 1. The number of hydrogen-bond acceptors (Lipinski definition) is 5. The van der Waals surface area contributed by atoms with Crippen molar-refractivity contribution < 1.29 is 4.79 Å². The maximum Gasteiger partial charge on any atom is 0.293 e. The summed E-state index contributed by atoms with van der Waals surface area (Å²) in [6.07, 6.45) is 1.70. The van der Waals surface area contributed by atoms with Crippen molar-refractivity contribution in [3.05, 3.63) is 42.4 Å². The van der Waals surface area contributed by atoms with Gasteiger partial charge in [-0.3, -0.25) is 14.9 Å². The van der Waals surface area contributed by atoms with E-state index in [4.69, 9.17) is 5.73 Å². The van der Waals surface area contributed by atoms with Gasteiger partial charge >= 0.3 is 0 Å². The molecular formula is C12H10N6O. The van der Waals surface area contributed by atoms with Crippen molar-refractivity contribution >= 4 is 28.4 Å². The summed E-state index contributed by atoms with van der Waals surface area (Å²) in [6.45, 7) is 0. The molecule has 94 valence electrons. The number of carbonyl (C=O) groups is 1. The van der Waals surface area contributed by atoms with Crippen LogP contribution in [0.1, 0.15) is 10.6 Å². The molecule has 7 heteroatoms. The SMILES string of the molecule is Nc1n[nH]c(C(=O)Nc2cccc3ncccc23)n1. The first kappa shape index (κ1) is 11.1. The molecule has 0 atom stereocenters. The van der Waals surface area contributed by atoms with Gasteiger partial charge in [-0.05, 0) is 24.3 Å². The molecule has 2 heterocycles. The van der Waals surface area contributed by atoms with Gasteiger partial charge in [0.25, 0.3) is 5.91 Å². The van der Waals surface area contributed by atoms with E-state index in [-0.39, 0.29) is 11.8 Å². The molecule has 0 aliphatic heterocycles. The Kier molecular flexibility index (Phi) is 2.57. The molecule has 3 rings (SSSR count). The van der Waals surface area contributed by atoms with Crippen LogP contribution in [0, 0.1) is 0 Å². The molecule has 3 aromatic rings. The Balaban J connectivity index is 1.95. The molecule has 1 aromatic carbocycles. The Morgan fingerprint density at radius 3 is 2.95 bits per heavy atom. The van der Waals surface area contributed by atoms with Crippen LogP contribution in [0.2, 0.25) is 0 Å². The molecule has 0 radical (unpaired) electrons. The molecule has 0 aliphatic rings. The second-order valence-electron chi connectivity index (χ2n) is 3.87. The fraction of sp³-hybridized carbons (Fsp3) is 0. The second kappa shape index (κ2) is 4.37. The van der Waals surface area contributed by atoms with Gasteiger partial charge in [-0.25, -0.2) is 0 Å². The van der Waals surface area contributed by atoms with E-state index in [0.717, 1.165) is 10.9 Å². The van der Waals surface area contributed by atoms with Crippen molar-refractivity contribution in [1.29, 1.82) is 0 Å². The lowest BCUT2D eigenvalue weighted by Gasteiger charge is -2.06. The van der Waals surface area contributed by atoms with E-state index in [0.29, 0.717) is 5.69 Å². The minimum Gasteiger partial charge on any atom is -0.366 e. The zero-order valence-corrected chi connectivity index (χ0v) is 9.79. The molecular weight excluding hydrogens is 244 g/mol. The number of benzene rings is 1. The van der Waals surface area contributed by atoms with Gasteiger partial charge in [0, 0.05) is 11.6 Å². The average molecular weight is 254 g/mol. The van der Waals surface area contributed by atoms with Gasteiger partial charge in [0.2, 0.25) is 11.8 Å². The van der Waals surface area contributed by atoms with Crippen LogP contribution >= 0.6 is 0 Å². The molecule has 0 spiro atoms. The maximum absolute atomic E-state index is 12.0. The molecule has 4 N–H and O–H groups in total. The smallest absolute Gasteiger partial charge is 0.293 e. The van der Waals surface area contributed by atoms with E-state index in [1.54, 1.807) is 12.3 Å². The Bertz CT molecular complexity index is 745. The van der Waals surface area contributed by atoms with Crippen LogP contribution in [-0.2, 0) is 0 Å². The number of nitrogens with one attached hydrogen (secondary N) is 2. The Labute approximate surface area is 107 Å². The highest BCUT2D eigenvalue weighted by molar-refractivity contribution is 6.06. The first-order valence-corrected chi connectivity index (χ1v) is 5.57. The molecule has 0 aliphatic carbocycles. The molecule has 7 nitrogen and oxygen atoms in total. The maximum atomic E-state index is 12.0. The Morgan fingerprint density at radius 2 is 2.16 bits per heavy atom. The number of aromatic nitrogens is 4. The van der Waals surface area contributed by atoms with Crippen molar-refractivity contribution in [1.82, 2.24) is 20.2 Å². The fourth-order valence-corrected chi connectivity index (χ4v) is 1.77. The average Bonchev–Trinajstić information content (AvgIpc) is 2.86. The van der Waals surface area contributed by atoms with Gasteiger partial charge in [-0.2, -0.15) is 4.98 Å². The van der Waals surface area contributed by atoms with Gasteiger partial charge in [0.1, 0.15) is 0 Å². The zero-order valence-electron chi connectivity index (χ0n) is 9.79. The molecule has 0 unspecified atom stereocenters. The summed E-state index contributed by atoms with van der Waals surface area (Å²) in [5.74, 6) is -0.302. The lowest BCUT2D eigenvalue weighted by atomic mass is 10.2. The third-order valence-electron chi connectivity index (χ3n) is 2.61. The summed E-state index contributed by atoms with van der Waals surface area (Å²) in [6, 6.07) is 9.18. The highest BCUT2D eigenvalue weighted by Crippen LogP contribution is 2.21. The van der Waals surface area contributed by atoms with Crippen molar-refractivity contribution in [2.75, 3.05) is 11.1 Å². The summed E-state index contributed by atoms with van der Waals surface area (Å²) in [5, 5.41) is 9.67. The van der Waals surface area contributed by atoms with E-state index < -0.39 is 5.91 Å². The molecule has 1 amide bonds. The summed E-state index contributed by atoms with van der Waals surface area (Å²) in [7, 11) is 0. The Morgan fingerprint density at radius 1 is 1.26 bits per heavy atom. The fourth-order valence-electron chi connectivity index (χ4n) is 1.77. The van der Waals surface area contributed by atoms with Gasteiger partial charge in [-0.1, -0.05) is 6.07 Å². The summed E-state index contributed by atoms with van der Waals surface area (Å²) in [5.41, 5.74) is 6.82. The minimum atomic E-state index is -0.402. The van der Waals surface area contributed by atoms with E-state index in [1.165, 1.54) is 0 Å². The standard InChI is InChI=1S/C12H10N6O/c13-12-16-10(17-18-12)11(19)15-9-5-1-4-8-7(9)3-2-6-14-8/h1-6H,(H,15,19)(H3,13,16,17,18). The van der Waals surface area contributed by atoms with Crippen LogP contribution in [0.25, 0.3) is 10.9 Å². The summed E-state index contributed by atoms with van der Waals surface area (Å²) >= 11 is 0. The highest BCUT2D eigenvalue weighted by Gasteiger charge is 2.12. The number of rotatable bonds is 2. The van der Waals surface area contributed by atoms with E-state index in [9.17, 15) is 4.79 Å². The molecule has 2 aromatic heterocycles. The first-order valence-electron chi connectivity index (χ1n) is 5.57.